The van der Waals surface area contributed by atoms with E-state index in [9.17, 15) is 14.9 Å². The normalized spacial score (nSPS) is 10.8. The van der Waals surface area contributed by atoms with Crippen LogP contribution >= 0.6 is 11.6 Å². The summed E-state index contributed by atoms with van der Waals surface area (Å²) < 4.78 is 16.2. The summed E-state index contributed by atoms with van der Waals surface area (Å²) in [6.45, 7) is 2.26. The van der Waals surface area contributed by atoms with Crippen molar-refractivity contribution in [1.29, 1.82) is 5.26 Å². The number of benzene rings is 2. The van der Waals surface area contributed by atoms with Gasteiger partial charge in [0, 0.05) is 0 Å². The second-order valence-electron chi connectivity index (χ2n) is 6.44. The van der Waals surface area contributed by atoms with Crippen LogP contribution in [0.2, 0.25) is 5.02 Å². The molecule has 0 aliphatic heterocycles. The molecule has 0 bridgehead atoms. The average molecular weight is 451 g/mol. The number of carbonyl (C=O) groups excluding carboxylic acids is 2. The summed E-state index contributed by atoms with van der Waals surface area (Å²) in [5, 5.41) is 12.3. The number of amides is 1. The first-order valence-electron chi connectivity index (χ1n) is 9.67. The van der Waals surface area contributed by atoms with Crippen molar-refractivity contribution >= 4 is 29.6 Å². The molecular formula is C24H19ClN2O5. The van der Waals surface area contributed by atoms with Gasteiger partial charge in [0.1, 0.15) is 17.4 Å². The number of nitriles is 1. The first kappa shape index (κ1) is 22.7. The molecule has 0 spiro atoms. The molecule has 3 aromatic rings. The van der Waals surface area contributed by atoms with E-state index in [4.69, 9.17) is 25.5 Å². The molecule has 0 saturated heterocycles. The van der Waals surface area contributed by atoms with Crippen molar-refractivity contribution in [3.05, 3.63) is 88.3 Å². The average Bonchev–Trinajstić information content (AvgIpc) is 3.31. The standard InChI is InChI=1S/C24H19ClN2O5/c1-2-30-22-13-16(12-17(14-26)23(28)27-15-18-6-5-11-31-18)9-10-21(22)32-24(29)19-7-3-4-8-20(19)25/h3-13H,2,15H2,1H3,(H,27,28)/b17-12+. The minimum Gasteiger partial charge on any atom is -0.490 e. The summed E-state index contributed by atoms with van der Waals surface area (Å²) in [7, 11) is 0. The van der Waals surface area contributed by atoms with Gasteiger partial charge in [0.15, 0.2) is 11.5 Å². The molecule has 1 aromatic heterocycles. The van der Waals surface area contributed by atoms with Crippen LogP contribution in [0.5, 0.6) is 11.5 Å². The summed E-state index contributed by atoms with van der Waals surface area (Å²) in [5.74, 6) is -0.130. The van der Waals surface area contributed by atoms with Gasteiger partial charge in [-0.1, -0.05) is 29.8 Å². The van der Waals surface area contributed by atoms with Crippen molar-refractivity contribution in [3.8, 4) is 17.6 Å². The summed E-state index contributed by atoms with van der Waals surface area (Å²) in [5.41, 5.74) is 0.649. The third-order valence-corrected chi connectivity index (χ3v) is 4.57. The number of halogens is 1. The number of nitrogens with one attached hydrogen (secondary N) is 1. The predicted molar refractivity (Wildman–Crippen MR) is 118 cm³/mol. The molecule has 0 unspecified atom stereocenters. The van der Waals surface area contributed by atoms with E-state index in [1.807, 2.05) is 6.07 Å². The SMILES string of the molecule is CCOc1cc(/C=C(\C#N)C(=O)NCc2ccco2)ccc1OC(=O)c1ccccc1Cl. The number of furan rings is 1. The van der Waals surface area contributed by atoms with Crippen molar-refractivity contribution in [2.24, 2.45) is 0 Å². The first-order chi connectivity index (χ1) is 15.5. The van der Waals surface area contributed by atoms with Crippen molar-refractivity contribution in [1.82, 2.24) is 5.32 Å². The van der Waals surface area contributed by atoms with Gasteiger partial charge >= 0.3 is 5.97 Å². The van der Waals surface area contributed by atoms with E-state index in [1.165, 1.54) is 18.4 Å². The quantitative estimate of drug-likeness (QED) is 0.229. The van der Waals surface area contributed by atoms with Crippen LogP contribution in [-0.4, -0.2) is 18.5 Å². The molecule has 3 rings (SSSR count). The van der Waals surface area contributed by atoms with E-state index in [0.717, 1.165) is 0 Å². The Bertz CT molecular complexity index is 1180. The van der Waals surface area contributed by atoms with Crippen LogP contribution in [0.3, 0.4) is 0 Å². The minimum absolute atomic E-state index is 0.0974. The molecule has 1 heterocycles. The lowest BCUT2D eigenvalue weighted by atomic mass is 10.1. The maximum Gasteiger partial charge on any atom is 0.345 e. The minimum atomic E-state index is -0.630. The lowest BCUT2D eigenvalue weighted by molar-refractivity contribution is -0.117. The van der Waals surface area contributed by atoms with Crippen molar-refractivity contribution in [3.63, 3.8) is 0 Å². The molecule has 7 nitrogen and oxygen atoms in total. The van der Waals surface area contributed by atoms with Crippen LogP contribution in [-0.2, 0) is 11.3 Å². The lowest BCUT2D eigenvalue weighted by Gasteiger charge is -2.12. The van der Waals surface area contributed by atoms with Crippen molar-refractivity contribution in [2.75, 3.05) is 6.61 Å². The van der Waals surface area contributed by atoms with E-state index in [0.29, 0.717) is 17.9 Å². The highest BCUT2D eigenvalue weighted by atomic mass is 35.5. The molecule has 0 atom stereocenters. The van der Waals surface area contributed by atoms with E-state index in [1.54, 1.807) is 55.5 Å². The van der Waals surface area contributed by atoms with Crippen LogP contribution in [0, 0.1) is 11.3 Å². The summed E-state index contributed by atoms with van der Waals surface area (Å²) in [6.07, 6.45) is 2.91. The Morgan fingerprint density at radius 2 is 1.97 bits per heavy atom. The molecule has 0 aliphatic rings. The van der Waals surface area contributed by atoms with Crippen LogP contribution < -0.4 is 14.8 Å². The molecule has 0 saturated carbocycles. The van der Waals surface area contributed by atoms with Gasteiger partial charge in [-0.25, -0.2) is 4.79 Å². The summed E-state index contributed by atoms with van der Waals surface area (Å²) >= 11 is 6.06. The van der Waals surface area contributed by atoms with Crippen LogP contribution in [0.1, 0.15) is 28.6 Å². The Balaban J connectivity index is 1.79. The van der Waals surface area contributed by atoms with Gasteiger partial charge in [-0.15, -0.1) is 0 Å². The Labute approximate surface area is 189 Å². The van der Waals surface area contributed by atoms with Gasteiger partial charge in [-0.3, -0.25) is 4.79 Å². The van der Waals surface area contributed by atoms with E-state index < -0.39 is 11.9 Å². The second-order valence-corrected chi connectivity index (χ2v) is 6.85. The zero-order chi connectivity index (χ0) is 22.9. The molecule has 0 aliphatic carbocycles. The third-order valence-electron chi connectivity index (χ3n) is 4.24. The molecule has 1 N–H and O–H groups in total. The number of rotatable bonds is 8. The fourth-order valence-corrected chi connectivity index (χ4v) is 2.95. The van der Waals surface area contributed by atoms with E-state index >= 15 is 0 Å². The smallest absolute Gasteiger partial charge is 0.345 e. The van der Waals surface area contributed by atoms with Crippen molar-refractivity contribution < 1.29 is 23.5 Å². The zero-order valence-corrected chi connectivity index (χ0v) is 17.9. The topological polar surface area (TPSA) is 102 Å². The van der Waals surface area contributed by atoms with Gasteiger partial charge in [-0.2, -0.15) is 5.26 Å². The third kappa shape index (κ3) is 5.78. The number of esters is 1. The number of nitrogens with zero attached hydrogens (tertiary/aromatic N) is 1. The van der Waals surface area contributed by atoms with E-state index in [-0.39, 0.29) is 34.2 Å². The van der Waals surface area contributed by atoms with Gasteiger partial charge < -0.3 is 19.2 Å². The maximum atomic E-state index is 12.5. The highest BCUT2D eigenvalue weighted by Crippen LogP contribution is 2.31. The van der Waals surface area contributed by atoms with Crippen LogP contribution in [0.25, 0.3) is 6.08 Å². The Hall–Kier alpha value is -4.02. The molecule has 1 amide bonds. The fourth-order valence-electron chi connectivity index (χ4n) is 2.74. The number of ether oxygens (including phenoxy) is 2. The number of hydrogen-bond donors (Lipinski definition) is 1. The lowest BCUT2D eigenvalue weighted by Crippen LogP contribution is -2.23. The fraction of sp³-hybridized carbons (Fsp3) is 0.125. The predicted octanol–water partition coefficient (Wildman–Crippen LogP) is 4.77. The molecule has 32 heavy (non-hydrogen) atoms. The molecule has 162 valence electrons. The highest BCUT2D eigenvalue weighted by molar-refractivity contribution is 6.33. The first-order valence-corrected chi connectivity index (χ1v) is 10.1. The molecule has 8 heteroatoms. The van der Waals surface area contributed by atoms with Crippen LogP contribution in [0.4, 0.5) is 0 Å². The van der Waals surface area contributed by atoms with E-state index in [2.05, 4.69) is 5.32 Å². The molecule has 0 radical (unpaired) electrons. The molecule has 2 aromatic carbocycles. The Morgan fingerprint density at radius 1 is 1.16 bits per heavy atom. The summed E-state index contributed by atoms with van der Waals surface area (Å²) in [4.78, 5) is 24.8. The van der Waals surface area contributed by atoms with Crippen LogP contribution in [0.15, 0.2) is 70.9 Å². The second kappa shape index (κ2) is 10.8. The molecule has 0 fully saturated rings. The van der Waals surface area contributed by atoms with Crippen molar-refractivity contribution in [2.45, 2.75) is 13.5 Å². The Kier molecular flexibility index (Phi) is 7.68. The molecular weight excluding hydrogens is 432 g/mol. The van der Waals surface area contributed by atoms with Gasteiger partial charge in [-0.05, 0) is 55.0 Å². The zero-order valence-electron chi connectivity index (χ0n) is 17.1. The highest BCUT2D eigenvalue weighted by Gasteiger charge is 2.16. The Morgan fingerprint density at radius 3 is 2.66 bits per heavy atom. The maximum absolute atomic E-state index is 12.5. The summed E-state index contributed by atoms with van der Waals surface area (Å²) in [6, 6.07) is 16.6. The number of carbonyl (C=O) groups is 2. The van der Waals surface area contributed by atoms with Gasteiger partial charge in [0.05, 0.1) is 30.0 Å². The number of hydrogen-bond acceptors (Lipinski definition) is 6. The van der Waals surface area contributed by atoms with Gasteiger partial charge in [0.25, 0.3) is 5.91 Å². The monoisotopic (exact) mass is 450 g/mol. The largest absolute Gasteiger partial charge is 0.490 e. The van der Waals surface area contributed by atoms with Gasteiger partial charge in [0.2, 0.25) is 0 Å².